The molecule has 1 aromatic carbocycles. The third kappa shape index (κ3) is 2.68. The van der Waals surface area contributed by atoms with Crippen molar-refractivity contribution in [1.82, 2.24) is 9.97 Å². The monoisotopic (exact) mass is 285 g/mol. The van der Waals surface area contributed by atoms with Gasteiger partial charge in [0, 0.05) is 18.5 Å². The lowest BCUT2D eigenvalue weighted by Crippen LogP contribution is -2.39. The van der Waals surface area contributed by atoms with E-state index >= 15 is 0 Å². The average molecular weight is 285 g/mol. The number of piperidine rings is 1. The van der Waals surface area contributed by atoms with Crippen molar-refractivity contribution in [3.8, 4) is 0 Å². The maximum absolute atomic E-state index is 11.3. The summed E-state index contributed by atoms with van der Waals surface area (Å²) in [6, 6.07) is 7.60. The first-order valence-corrected chi connectivity index (χ1v) is 7.29. The minimum atomic E-state index is -1.08. The normalized spacial score (nSPS) is 22.5. The van der Waals surface area contributed by atoms with E-state index in [1.807, 2.05) is 24.3 Å². The molecule has 0 saturated carbocycles. The number of fused-ring (bicyclic) bond motifs is 1. The molecule has 1 saturated heterocycles. The smallest absolute Gasteiger partial charge is 0.374 e. The Hall–Kier alpha value is -2.17. The first-order valence-electron chi connectivity index (χ1n) is 7.29. The number of aromatic carboxylic acids is 1. The van der Waals surface area contributed by atoms with Gasteiger partial charge < -0.3 is 10.0 Å². The fraction of sp³-hybridized carbons (Fsp3) is 0.438. The largest absolute Gasteiger partial charge is 0.475 e. The molecule has 21 heavy (non-hydrogen) atoms. The molecule has 2 unspecified atom stereocenters. The molecule has 5 nitrogen and oxygen atoms in total. The van der Waals surface area contributed by atoms with E-state index in [0.29, 0.717) is 17.4 Å². The zero-order chi connectivity index (χ0) is 15.0. The molecule has 5 heteroatoms. The number of benzene rings is 1. The van der Waals surface area contributed by atoms with E-state index in [9.17, 15) is 9.90 Å². The van der Waals surface area contributed by atoms with Gasteiger partial charge in [-0.2, -0.15) is 0 Å². The summed E-state index contributed by atoms with van der Waals surface area (Å²) in [6.07, 6.45) is 1.20. The van der Waals surface area contributed by atoms with E-state index in [2.05, 4.69) is 28.7 Å². The Morgan fingerprint density at radius 3 is 2.52 bits per heavy atom. The lowest BCUT2D eigenvalue weighted by Gasteiger charge is -2.36. The molecule has 0 amide bonds. The number of aromatic nitrogens is 2. The van der Waals surface area contributed by atoms with Crippen LogP contribution in [0.15, 0.2) is 24.3 Å². The Labute approximate surface area is 123 Å². The minimum absolute atomic E-state index is 0.130. The molecular weight excluding hydrogens is 266 g/mol. The summed E-state index contributed by atoms with van der Waals surface area (Å²) in [7, 11) is 0. The zero-order valence-corrected chi connectivity index (χ0v) is 12.3. The summed E-state index contributed by atoms with van der Waals surface area (Å²) in [5.74, 6) is 0.692. The summed E-state index contributed by atoms with van der Waals surface area (Å²) in [6.45, 7) is 6.27. The number of carboxylic acid groups (broad SMARTS) is 1. The Bertz CT molecular complexity index is 676. The third-order valence-electron chi connectivity index (χ3n) is 3.94. The van der Waals surface area contributed by atoms with Crippen molar-refractivity contribution in [1.29, 1.82) is 0 Å². The number of nitrogens with zero attached hydrogens (tertiary/aromatic N) is 3. The molecular formula is C16H19N3O2. The second-order valence-electron chi connectivity index (χ2n) is 6.04. The van der Waals surface area contributed by atoms with Crippen molar-refractivity contribution >= 4 is 22.7 Å². The fourth-order valence-corrected chi connectivity index (χ4v) is 3.23. The van der Waals surface area contributed by atoms with Gasteiger partial charge in [0.2, 0.25) is 5.82 Å². The van der Waals surface area contributed by atoms with Gasteiger partial charge in [-0.25, -0.2) is 14.8 Å². The van der Waals surface area contributed by atoms with Crippen molar-refractivity contribution < 1.29 is 9.90 Å². The lowest BCUT2D eigenvalue weighted by molar-refractivity contribution is 0.0684. The van der Waals surface area contributed by atoms with Crippen LogP contribution < -0.4 is 4.90 Å². The summed E-state index contributed by atoms with van der Waals surface area (Å²) in [4.78, 5) is 21.9. The second-order valence-corrected chi connectivity index (χ2v) is 6.04. The van der Waals surface area contributed by atoms with Crippen LogP contribution in [-0.2, 0) is 0 Å². The van der Waals surface area contributed by atoms with Crippen molar-refractivity contribution in [3.05, 3.63) is 30.1 Å². The molecule has 0 aliphatic carbocycles. The topological polar surface area (TPSA) is 66.3 Å². The molecule has 1 N–H and O–H groups in total. The van der Waals surface area contributed by atoms with Gasteiger partial charge >= 0.3 is 5.97 Å². The highest BCUT2D eigenvalue weighted by molar-refractivity contribution is 5.93. The number of hydrogen-bond acceptors (Lipinski definition) is 4. The molecule has 1 fully saturated rings. The second kappa shape index (κ2) is 5.31. The molecule has 3 rings (SSSR count). The average Bonchev–Trinajstić information content (AvgIpc) is 2.45. The van der Waals surface area contributed by atoms with Gasteiger partial charge in [-0.1, -0.05) is 26.0 Å². The van der Waals surface area contributed by atoms with Crippen LogP contribution in [0.2, 0.25) is 0 Å². The fourth-order valence-electron chi connectivity index (χ4n) is 3.23. The van der Waals surface area contributed by atoms with E-state index < -0.39 is 5.97 Å². The maximum atomic E-state index is 11.3. The van der Waals surface area contributed by atoms with Crippen LogP contribution in [0.3, 0.4) is 0 Å². The van der Waals surface area contributed by atoms with Crippen LogP contribution in [0.1, 0.15) is 30.9 Å². The van der Waals surface area contributed by atoms with Gasteiger partial charge in [0.15, 0.2) is 0 Å². The van der Waals surface area contributed by atoms with E-state index in [1.165, 1.54) is 6.42 Å². The van der Waals surface area contributed by atoms with Gasteiger partial charge in [0.25, 0.3) is 0 Å². The predicted octanol–water partition coefficient (Wildman–Crippen LogP) is 2.81. The predicted molar refractivity (Wildman–Crippen MR) is 81.7 cm³/mol. The molecule has 2 atom stereocenters. The van der Waals surface area contributed by atoms with E-state index in [0.717, 1.165) is 24.3 Å². The Kier molecular flexibility index (Phi) is 3.49. The third-order valence-corrected chi connectivity index (χ3v) is 3.94. The molecule has 0 spiro atoms. The Morgan fingerprint density at radius 1 is 1.19 bits per heavy atom. The van der Waals surface area contributed by atoms with Crippen LogP contribution in [0.4, 0.5) is 5.82 Å². The minimum Gasteiger partial charge on any atom is -0.475 e. The van der Waals surface area contributed by atoms with Crippen LogP contribution in [-0.4, -0.2) is 34.1 Å². The van der Waals surface area contributed by atoms with Gasteiger partial charge in [0.1, 0.15) is 5.82 Å². The van der Waals surface area contributed by atoms with Gasteiger partial charge in [-0.05, 0) is 30.4 Å². The van der Waals surface area contributed by atoms with Crippen LogP contribution in [0.25, 0.3) is 10.9 Å². The van der Waals surface area contributed by atoms with Crippen LogP contribution in [0.5, 0.6) is 0 Å². The highest BCUT2D eigenvalue weighted by atomic mass is 16.4. The number of carboxylic acids is 1. The first-order chi connectivity index (χ1) is 10.0. The SMILES string of the molecule is CC1CC(C)CN(c2nc(C(=O)O)nc3ccccc23)C1. The Morgan fingerprint density at radius 2 is 1.86 bits per heavy atom. The van der Waals surface area contributed by atoms with E-state index in [1.54, 1.807) is 0 Å². The molecule has 2 heterocycles. The zero-order valence-electron chi connectivity index (χ0n) is 12.3. The number of para-hydroxylation sites is 1. The van der Waals surface area contributed by atoms with Crippen molar-refractivity contribution in [2.24, 2.45) is 11.8 Å². The molecule has 1 aliphatic heterocycles. The number of carbonyl (C=O) groups is 1. The van der Waals surface area contributed by atoms with Gasteiger partial charge in [-0.3, -0.25) is 0 Å². The summed E-state index contributed by atoms with van der Waals surface area (Å²) < 4.78 is 0. The number of rotatable bonds is 2. The quantitative estimate of drug-likeness (QED) is 0.919. The van der Waals surface area contributed by atoms with Crippen LogP contribution in [0, 0.1) is 11.8 Å². The molecule has 1 aliphatic rings. The molecule has 0 bridgehead atoms. The van der Waals surface area contributed by atoms with Crippen LogP contribution >= 0.6 is 0 Å². The summed E-state index contributed by atoms with van der Waals surface area (Å²) in [5, 5.41) is 10.1. The number of hydrogen-bond donors (Lipinski definition) is 1. The highest BCUT2D eigenvalue weighted by Gasteiger charge is 2.25. The standard InChI is InChI=1S/C16H19N3O2/c1-10-7-11(2)9-19(8-10)15-12-5-3-4-6-13(12)17-14(18-15)16(20)21/h3-6,10-11H,7-9H2,1-2H3,(H,20,21). The summed E-state index contributed by atoms with van der Waals surface area (Å²) >= 11 is 0. The van der Waals surface area contributed by atoms with Crippen molar-refractivity contribution in [2.45, 2.75) is 20.3 Å². The van der Waals surface area contributed by atoms with E-state index in [-0.39, 0.29) is 5.82 Å². The first kappa shape index (κ1) is 13.8. The van der Waals surface area contributed by atoms with Gasteiger partial charge in [-0.15, -0.1) is 0 Å². The molecule has 1 aromatic heterocycles. The van der Waals surface area contributed by atoms with E-state index in [4.69, 9.17) is 0 Å². The Balaban J connectivity index is 2.13. The van der Waals surface area contributed by atoms with Crippen molar-refractivity contribution in [3.63, 3.8) is 0 Å². The number of anilines is 1. The van der Waals surface area contributed by atoms with Gasteiger partial charge in [0.05, 0.1) is 5.52 Å². The lowest BCUT2D eigenvalue weighted by atomic mass is 9.92. The van der Waals surface area contributed by atoms with Crippen molar-refractivity contribution in [2.75, 3.05) is 18.0 Å². The molecule has 2 aromatic rings. The maximum Gasteiger partial charge on any atom is 0.374 e. The highest BCUT2D eigenvalue weighted by Crippen LogP contribution is 2.29. The molecule has 0 radical (unpaired) electrons. The summed E-state index contributed by atoms with van der Waals surface area (Å²) in [5.41, 5.74) is 0.686. The molecule has 110 valence electrons.